The third-order valence-corrected chi connectivity index (χ3v) is 1.34. The maximum absolute atomic E-state index is 10.6. The van der Waals surface area contributed by atoms with Crippen LogP contribution in [0.3, 0.4) is 0 Å². The average molecular weight is 141 g/mol. The second kappa shape index (κ2) is 6.33. The first-order valence-electron chi connectivity index (χ1n) is 3.62. The van der Waals surface area contributed by atoms with Crippen molar-refractivity contribution in [3.8, 4) is 0 Å². The maximum atomic E-state index is 10.6. The van der Waals surface area contributed by atoms with Gasteiger partial charge in [0.25, 0.3) is 0 Å². The lowest BCUT2D eigenvalue weighted by molar-refractivity contribution is -0.120. The number of nitrogens with one attached hydrogen (secondary N) is 1. The second-order valence-electron chi connectivity index (χ2n) is 2.21. The van der Waals surface area contributed by atoms with Crippen molar-refractivity contribution in [2.24, 2.45) is 0 Å². The summed E-state index contributed by atoms with van der Waals surface area (Å²) in [6.45, 7) is 3.60. The van der Waals surface area contributed by atoms with Gasteiger partial charge in [-0.1, -0.05) is 6.08 Å². The number of carbonyl (C=O) groups is 1. The van der Waals surface area contributed by atoms with Gasteiger partial charge in [0.1, 0.15) is 0 Å². The van der Waals surface area contributed by atoms with Gasteiger partial charge in [-0.15, -0.1) is 6.58 Å². The topological polar surface area (TPSA) is 29.1 Å². The number of carbonyl (C=O) groups excluding carboxylic acids is 1. The van der Waals surface area contributed by atoms with Crippen molar-refractivity contribution >= 4 is 5.91 Å². The highest BCUT2D eigenvalue weighted by Crippen LogP contribution is 1.98. The van der Waals surface area contributed by atoms with Crippen molar-refractivity contribution in [2.45, 2.75) is 25.7 Å². The van der Waals surface area contributed by atoms with E-state index in [-0.39, 0.29) is 5.91 Å². The molecule has 0 saturated carbocycles. The Morgan fingerprint density at radius 2 is 2.30 bits per heavy atom. The van der Waals surface area contributed by atoms with Crippen molar-refractivity contribution in [3.05, 3.63) is 12.7 Å². The van der Waals surface area contributed by atoms with Crippen LogP contribution < -0.4 is 5.32 Å². The summed E-state index contributed by atoms with van der Waals surface area (Å²) in [4.78, 5) is 10.6. The highest BCUT2D eigenvalue weighted by molar-refractivity contribution is 5.75. The van der Waals surface area contributed by atoms with E-state index in [1.54, 1.807) is 7.05 Å². The van der Waals surface area contributed by atoms with Gasteiger partial charge in [0.05, 0.1) is 0 Å². The number of hydrogen-bond donors (Lipinski definition) is 1. The summed E-state index contributed by atoms with van der Waals surface area (Å²) in [5.41, 5.74) is 0. The van der Waals surface area contributed by atoms with Crippen LogP contribution >= 0.6 is 0 Å². The van der Waals surface area contributed by atoms with Crippen LogP contribution in [0.1, 0.15) is 25.7 Å². The Labute approximate surface area is 62.3 Å². The molecule has 0 heterocycles. The number of rotatable bonds is 5. The number of unbranched alkanes of at least 4 members (excludes halogenated alkanes) is 2. The number of amides is 1. The van der Waals surface area contributed by atoms with Gasteiger partial charge in [0.15, 0.2) is 0 Å². The van der Waals surface area contributed by atoms with Gasteiger partial charge in [0.2, 0.25) is 5.91 Å². The molecular formula is C8H15NO. The average Bonchev–Trinajstić information content (AvgIpc) is 1.98. The molecule has 0 aromatic rings. The summed E-state index contributed by atoms with van der Waals surface area (Å²) in [5, 5.41) is 2.58. The summed E-state index contributed by atoms with van der Waals surface area (Å²) < 4.78 is 0. The molecule has 0 aliphatic heterocycles. The molecule has 1 amide bonds. The lowest BCUT2D eigenvalue weighted by Gasteiger charge is -1.96. The molecule has 0 spiro atoms. The molecule has 58 valence electrons. The molecule has 0 aliphatic rings. The van der Waals surface area contributed by atoms with E-state index >= 15 is 0 Å². The molecule has 0 aromatic carbocycles. The lowest BCUT2D eigenvalue weighted by Crippen LogP contribution is -2.16. The minimum atomic E-state index is 0.129. The zero-order valence-electron chi connectivity index (χ0n) is 6.52. The SMILES string of the molecule is C=CCCCCC(=O)NC. The highest BCUT2D eigenvalue weighted by Gasteiger charge is 1.94. The molecule has 0 rings (SSSR count). The first-order valence-corrected chi connectivity index (χ1v) is 3.62. The number of allylic oxidation sites excluding steroid dienone is 1. The van der Waals surface area contributed by atoms with E-state index in [1.807, 2.05) is 6.08 Å². The van der Waals surface area contributed by atoms with E-state index in [9.17, 15) is 4.79 Å². The molecule has 0 bridgehead atoms. The van der Waals surface area contributed by atoms with E-state index in [2.05, 4.69) is 11.9 Å². The van der Waals surface area contributed by atoms with Crippen LogP contribution in [-0.2, 0) is 4.79 Å². The van der Waals surface area contributed by atoms with E-state index in [1.165, 1.54) is 0 Å². The van der Waals surface area contributed by atoms with Gasteiger partial charge in [-0.05, 0) is 19.3 Å². The Balaban J connectivity index is 3.03. The fourth-order valence-corrected chi connectivity index (χ4v) is 0.699. The van der Waals surface area contributed by atoms with Gasteiger partial charge in [0, 0.05) is 13.5 Å². The number of hydrogen-bond acceptors (Lipinski definition) is 1. The molecule has 0 saturated heterocycles. The van der Waals surface area contributed by atoms with E-state index < -0.39 is 0 Å². The van der Waals surface area contributed by atoms with E-state index in [0.717, 1.165) is 19.3 Å². The largest absolute Gasteiger partial charge is 0.359 e. The van der Waals surface area contributed by atoms with Crippen molar-refractivity contribution < 1.29 is 4.79 Å². The van der Waals surface area contributed by atoms with Crippen molar-refractivity contribution in [3.63, 3.8) is 0 Å². The normalized spacial score (nSPS) is 8.90. The van der Waals surface area contributed by atoms with Crippen molar-refractivity contribution in [1.82, 2.24) is 5.32 Å². The van der Waals surface area contributed by atoms with Crippen LogP contribution in [0.4, 0.5) is 0 Å². The fourth-order valence-electron chi connectivity index (χ4n) is 0.699. The summed E-state index contributed by atoms with van der Waals surface area (Å²) in [6.07, 6.45) is 5.56. The summed E-state index contributed by atoms with van der Waals surface area (Å²) >= 11 is 0. The lowest BCUT2D eigenvalue weighted by atomic mass is 10.2. The van der Waals surface area contributed by atoms with Gasteiger partial charge in [-0.25, -0.2) is 0 Å². The van der Waals surface area contributed by atoms with Gasteiger partial charge in [-0.3, -0.25) is 4.79 Å². The summed E-state index contributed by atoms with van der Waals surface area (Å²) in [5.74, 6) is 0.129. The summed E-state index contributed by atoms with van der Waals surface area (Å²) in [6, 6.07) is 0. The molecule has 0 fully saturated rings. The molecule has 1 N–H and O–H groups in total. The predicted octanol–water partition coefficient (Wildman–Crippen LogP) is 1.48. The minimum Gasteiger partial charge on any atom is -0.359 e. The molecule has 2 heteroatoms. The molecule has 0 aliphatic carbocycles. The Bertz CT molecular complexity index is 110. The Kier molecular flexibility index (Phi) is 5.83. The Hall–Kier alpha value is -0.790. The minimum absolute atomic E-state index is 0.129. The van der Waals surface area contributed by atoms with Crippen LogP contribution in [-0.4, -0.2) is 13.0 Å². The third-order valence-electron chi connectivity index (χ3n) is 1.34. The highest BCUT2D eigenvalue weighted by atomic mass is 16.1. The Morgan fingerprint density at radius 1 is 1.60 bits per heavy atom. The van der Waals surface area contributed by atoms with Gasteiger partial charge < -0.3 is 5.32 Å². The zero-order chi connectivity index (χ0) is 7.82. The maximum Gasteiger partial charge on any atom is 0.219 e. The molecule has 2 nitrogen and oxygen atoms in total. The molecule has 10 heavy (non-hydrogen) atoms. The molecule has 0 aromatic heterocycles. The zero-order valence-corrected chi connectivity index (χ0v) is 6.52. The molecule has 0 atom stereocenters. The smallest absolute Gasteiger partial charge is 0.219 e. The molecular weight excluding hydrogens is 126 g/mol. The van der Waals surface area contributed by atoms with E-state index in [0.29, 0.717) is 6.42 Å². The van der Waals surface area contributed by atoms with Crippen LogP contribution in [0.5, 0.6) is 0 Å². The third kappa shape index (κ3) is 5.35. The van der Waals surface area contributed by atoms with Gasteiger partial charge >= 0.3 is 0 Å². The van der Waals surface area contributed by atoms with Crippen LogP contribution in [0.2, 0.25) is 0 Å². The second-order valence-corrected chi connectivity index (χ2v) is 2.21. The van der Waals surface area contributed by atoms with Crippen LogP contribution in [0, 0.1) is 0 Å². The van der Waals surface area contributed by atoms with Crippen molar-refractivity contribution in [2.75, 3.05) is 7.05 Å². The van der Waals surface area contributed by atoms with Gasteiger partial charge in [-0.2, -0.15) is 0 Å². The quantitative estimate of drug-likeness (QED) is 0.456. The van der Waals surface area contributed by atoms with Crippen molar-refractivity contribution in [1.29, 1.82) is 0 Å². The molecule has 0 unspecified atom stereocenters. The first-order chi connectivity index (χ1) is 4.81. The molecule has 0 radical (unpaired) electrons. The summed E-state index contributed by atoms with van der Waals surface area (Å²) in [7, 11) is 1.66. The Morgan fingerprint density at radius 3 is 2.80 bits per heavy atom. The van der Waals surface area contributed by atoms with Crippen LogP contribution in [0.15, 0.2) is 12.7 Å². The monoisotopic (exact) mass is 141 g/mol. The predicted molar refractivity (Wildman–Crippen MR) is 42.7 cm³/mol. The first kappa shape index (κ1) is 9.21. The van der Waals surface area contributed by atoms with E-state index in [4.69, 9.17) is 0 Å². The fraction of sp³-hybridized carbons (Fsp3) is 0.625. The standard InChI is InChI=1S/C8H15NO/c1-3-4-5-6-7-8(10)9-2/h3H,1,4-7H2,2H3,(H,9,10). The van der Waals surface area contributed by atoms with Crippen LogP contribution in [0.25, 0.3) is 0 Å².